The van der Waals surface area contributed by atoms with E-state index in [9.17, 15) is 8.42 Å². The average molecular weight is 402 g/mol. The fourth-order valence-corrected chi connectivity index (χ4v) is 3.01. The van der Waals surface area contributed by atoms with E-state index < -0.39 is 10.0 Å². The minimum atomic E-state index is -3.96. The van der Waals surface area contributed by atoms with Crippen molar-refractivity contribution >= 4 is 39.7 Å². The third kappa shape index (κ3) is 7.22. The molecule has 0 aliphatic rings. The van der Waals surface area contributed by atoms with E-state index in [1.165, 1.54) is 6.07 Å². The molecule has 4 nitrogen and oxygen atoms in total. The van der Waals surface area contributed by atoms with Gasteiger partial charge in [-0.15, -0.1) is 0 Å². The van der Waals surface area contributed by atoms with Crippen LogP contribution in [0.4, 0.5) is 0 Å². The summed E-state index contributed by atoms with van der Waals surface area (Å²) in [7, 11) is -3.96. The van der Waals surface area contributed by atoms with E-state index in [1.54, 1.807) is 42.5 Å². The second-order valence-corrected chi connectivity index (χ2v) is 6.30. The molecule has 2 aromatic carbocycles. The minimum absolute atomic E-state index is 0. The monoisotopic (exact) mass is 401 g/mol. The van der Waals surface area contributed by atoms with Crippen LogP contribution < -0.4 is 108 Å². The van der Waals surface area contributed by atoms with Gasteiger partial charge < -0.3 is 30.0 Å². The SMILES string of the molecule is O=S(=O)(N=C([S-])[S-])c1ccccc1Oc1ccccc1.[K+].[K+]. The topological polar surface area (TPSA) is 55.7 Å². The van der Waals surface area contributed by atoms with Crippen LogP contribution in [0.5, 0.6) is 11.5 Å². The number of hydrogen-bond acceptors (Lipinski definition) is 5. The Labute approximate surface area is 226 Å². The van der Waals surface area contributed by atoms with Gasteiger partial charge in [-0.1, -0.05) is 30.3 Å². The summed E-state index contributed by atoms with van der Waals surface area (Å²) in [5.41, 5.74) is 0. The molecule has 2 aromatic rings. The Morgan fingerprint density at radius 3 is 2.05 bits per heavy atom. The zero-order valence-corrected chi connectivity index (χ0v) is 20.8. The molecule has 0 unspecified atom stereocenters. The van der Waals surface area contributed by atoms with Crippen molar-refractivity contribution in [3.8, 4) is 11.5 Å². The van der Waals surface area contributed by atoms with Gasteiger partial charge in [0.15, 0.2) is 0 Å². The Kier molecular flexibility index (Phi) is 12.0. The first kappa shape index (κ1) is 23.6. The molecule has 0 aromatic heterocycles. The van der Waals surface area contributed by atoms with E-state index in [0.29, 0.717) is 5.75 Å². The molecule has 0 aliphatic carbocycles. The van der Waals surface area contributed by atoms with Gasteiger partial charge in [-0.25, -0.2) is 8.77 Å². The predicted octanol–water partition coefficient (Wildman–Crippen LogP) is -3.37. The molecule has 0 fully saturated rings. The third-order valence-corrected chi connectivity index (χ3v) is 4.02. The number of benzene rings is 2. The van der Waals surface area contributed by atoms with Crippen molar-refractivity contribution in [1.82, 2.24) is 0 Å². The first-order valence-corrected chi connectivity index (χ1v) is 7.75. The summed E-state index contributed by atoms with van der Waals surface area (Å²) in [4.78, 5) is -0.0731. The minimum Gasteiger partial charge on any atom is -0.788 e. The predicted molar refractivity (Wildman–Crippen MR) is 82.3 cm³/mol. The Morgan fingerprint density at radius 1 is 0.909 bits per heavy atom. The molecule has 0 radical (unpaired) electrons. The number of hydrogen-bond donors (Lipinski definition) is 0. The molecule has 0 aliphatic heterocycles. The summed E-state index contributed by atoms with van der Waals surface area (Å²) in [5.74, 6) is 0.699. The van der Waals surface area contributed by atoms with Crippen molar-refractivity contribution in [3.05, 3.63) is 54.6 Å². The van der Waals surface area contributed by atoms with E-state index in [0.717, 1.165) is 0 Å². The molecule has 104 valence electrons. The summed E-state index contributed by atoms with van der Waals surface area (Å²) >= 11 is 9.09. The molecular formula is C13H9K2NO3S3. The van der Waals surface area contributed by atoms with Crippen LogP contribution in [-0.2, 0) is 35.3 Å². The molecule has 0 amide bonds. The van der Waals surface area contributed by atoms with Gasteiger partial charge in [-0.2, -0.15) is 8.42 Å². The van der Waals surface area contributed by atoms with Crippen LogP contribution in [-0.4, -0.2) is 12.8 Å². The van der Waals surface area contributed by atoms with E-state index in [-0.39, 0.29) is 118 Å². The van der Waals surface area contributed by atoms with Crippen LogP contribution in [0.2, 0.25) is 0 Å². The molecule has 0 spiro atoms. The van der Waals surface area contributed by atoms with Crippen LogP contribution in [0.3, 0.4) is 0 Å². The van der Waals surface area contributed by atoms with E-state index >= 15 is 0 Å². The summed E-state index contributed by atoms with van der Waals surface area (Å²) in [6, 6.07) is 15.0. The van der Waals surface area contributed by atoms with Crippen molar-refractivity contribution in [2.75, 3.05) is 0 Å². The van der Waals surface area contributed by atoms with Gasteiger partial charge in [0.25, 0.3) is 10.0 Å². The standard InChI is InChI=1S/C13H11NO3S3.2K/c15-20(16,14-13(18)19)12-9-5-4-8-11(12)17-10-6-2-1-3-7-10;;/h1-9H,(H2,14,18,19);;/q;2*+1/p-2. The van der Waals surface area contributed by atoms with Crippen LogP contribution in [0, 0.1) is 0 Å². The van der Waals surface area contributed by atoms with Gasteiger partial charge in [-0.05, 0) is 24.3 Å². The van der Waals surface area contributed by atoms with Gasteiger partial charge >= 0.3 is 103 Å². The second kappa shape index (κ2) is 11.2. The quantitative estimate of drug-likeness (QED) is 0.232. The molecule has 2 rings (SSSR count). The van der Waals surface area contributed by atoms with Gasteiger partial charge in [0, 0.05) is 0 Å². The average Bonchev–Trinajstić information content (AvgIpc) is 2.39. The molecule has 22 heavy (non-hydrogen) atoms. The van der Waals surface area contributed by atoms with Gasteiger partial charge in [0.1, 0.15) is 16.4 Å². The fraction of sp³-hybridized carbons (Fsp3) is 0. The number of sulfonamides is 1. The van der Waals surface area contributed by atoms with Crippen LogP contribution in [0.15, 0.2) is 63.9 Å². The Hall–Kier alpha value is 1.57. The Bertz CT molecular complexity index is 733. The molecule has 9 heteroatoms. The third-order valence-electron chi connectivity index (χ3n) is 2.29. The summed E-state index contributed by atoms with van der Waals surface area (Å²) < 4.78 is 32.6. The fourth-order valence-electron chi connectivity index (χ4n) is 1.51. The van der Waals surface area contributed by atoms with E-state index in [1.807, 2.05) is 6.07 Å². The number of para-hydroxylation sites is 2. The van der Waals surface area contributed by atoms with Crippen molar-refractivity contribution in [3.63, 3.8) is 0 Å². The second-order valence-electron chi connectivity index (χ2n) is 3.69. The smallest absolute Gasteiger partial charge is 0.788 e. The largest absolute Gasteiger partial charge is 1.00 e. The maximum absolute atomic E-state index is 12.1. The van der Waals surface area contributed by atoms with Crippen LogP contribution in [0.25, 0.3) is 0 Å². The van der Waals surface area contributed by atoms with Crippen molar-refractivity contribution in [2.24, 2.45) is 4.40 Å². The zero-order valence-electron chi connectivity index (χ0n) is 12.1. The zero-order chi connectivity index (χ0) is 14.6. The molecule has 0 N–H and O–H groups in total. The number of ether oxygens (including phenoxy) is 1. The number of nitrogens with zero attached hydrogens (tertiary/aromatic N) is 1. The first-order valence-electron chi connectivity index (χ1n) is 5.50. The van der Waals surface area contributed by atoms with Gasteiger partial charge in [-0.3, -0.25) is 0 Å². The maximum Gasteiger partial charge on any atom is 1.00 e. The van der Waals surface area contributed by atoms with Gasteiger partial charge in [0.2, 0.25) is 0 Å². The summed E-state index contributed by atoms with van der Waals surface area (Å²) in [5, 5.41) is 0. The Morgan fingerprint density at radius 2 is 1.45 bits per heavy atom. The van der Waals surface area contributed by atoms with Crippen molar-refractivity contribution in [2.45, 2.75) is 4.90 Å². The van der Waals surface area contributed by atoms with Crippen LogP contribution in [0.1, 0.15) is 0 Å². The summed E-state index contributed by atoms with van der Waals surface area (Å²) in [6.45, 7) is 0. The number of rotatable bonds is 4. The molecule has 0 heterocycles. The normalized spacial score (nSPS) is 9.82. The van der Waals surface area contributed by atoms with Crippen LogP contribution >= 0.6 is 0 Å². The van der Waals surface area contributed by atoms with Crippen molar-refractivity contribution < 1.29 is 116 Å². The molecular weight excluding hydrogens is 393 g/mol. The molecule has 0 saturated heterocycles. The Balaban J connectivity index is 0.00000220. The first-order chi connectivity index (χ1) is 9.49. The molecule has 0 bridgehead atoms. The maximum atomic E-state index is 12.1. The van der Waals surface area contributed by atoms with E-state index in [2.05, 4.69) is 29.7 Å². The van der Waals surface area contributed by atoms with E-state index in [4.69, 9.17) is 4.74 Å². The van der Waals surface area contributed by atoms with Gasteiger partial charge in [0.05, 0.1) is 0 Å². The summed E-state index contributed by atoms with van der Waals surface area (Å²) in [6.07, 6.45) is 0. The molecule has 0 saturated carbocycles. The van der Waals surface area contributed by atoms with Crippen molar-refractivity contribution in [1.29, 1.82) is 0 Å². The molecule has 0 atom stereocenters.